The highest BCUT2D eigenvalue weighted by Gasteiger charge is 2.16. The van der Waals surface area contributed by atoms with E-state index in [1.165, 1.54) is 11.8 Å². The first kappa shape index (κ1) is 24.3. The maximum atomic E-state index is 12.6. The minimum atomic E-state index is -0.0547. The number of rotatable bonds is 7. The van der Waals surface area contributed by atoms with Crippen molar-refractivity contribution in [2.45, 2.75) is 32.2 Å². The average Bonchev–Trinajstić information content (AvgIpc) is 2.86. The van der Waals surface area contributed by atoms with Crippen molar-refractivity contribution >= 4 is 23.4 Å². The first-order valence-corrected chi connectivity index (χ1v) is 12.5. The molecule has 0 aliphatic heterocycles. The van der Waals surface area contributed by atoms with Gasteiger partial charge in [0.2, 0.25) is 5.91 Å². The molecule has 0 saturated carbocycles. The molecule has 1 N–H and O–H groups in total. The molecule has 0 saturated heterocycles. The van der Waals surface area contributed by atoms with E-state index < -0.39 is 0 Å². The van der Waals surface area contributed by atoms with Crippen molar-refractivity contribution < 1.29 is 4.79 Å². The van der Waals surface area contributed by atoms with Gasteiger partial charge < -0.3 is 5.32 Å². The quantitative estimate of drug-likeness (QED) is 0.283. The first-order valence-electron chi connectivity index (χ1n) is 11.5. The highest BCUT2D eigenvalue weighted by atomic mass is 32.2. The zero-order valence-corrected chi connectivity index (χ0v) is 20.9. The number of nitrogens with one attached hydrogen (secondary N) is 1. The molecule has 0 fully saturated rings. The molecule has 174 valence electrons. The van der Waals surface area contributed by atoms with Crippen molar-refractivity contribution in [2.24, 2.45) is 0 Å². The Morgan fingerprint density at radius 3 is 2.31 bits per heavy atom. The van der Waals surface area contributed by atoms with Gasteiger partial charge >= 0.3 is 0 Å². The third-order valence-corrected chi connectivity index (χ3v) is 6.73. The second kappa shape index (κ2) is 11.0. The molecule has 0 aliphatic rings. The zero-order chi connectivity index (χ0) is 24.8. The fraction of sp³-hybridized carbons (Fsp3) is 0.167. The lowest BCUT2D eigenvalue weighted by atomic mass is 9.98. The van der Waals surface area contributed by atoms with E-state index in [1.54, 1.807) is 0 Å². The van der Waals surface area contributed by atoms with Gasteiger partial charge in [-0.25, -0.2) is 4.98 Å². The van der Waals surface area contributed by atoms with E-state index in [-0.39, 0.29) is 5.91 Å². The molecule has 4 aromatic rings. The van der Waals surface area contributed by atoms with Gasteiger partial charge in [-0.15, -0.1) is 11.8 Å². The van der Waals surface area contributed by atoms with Crippen LogP contribution in [0.5, 0.6) is 0 Å². The predicted octanol–water partition coefficient (Wildman–Crippen LogP) is 7.33. The van der Waals surface area contributed by atoms with Crippen molar-refractivity contribution in [3.8, 4) is 28.5 Å². The molecule has 0 unspecified atom stereocenters. The zero-order valence-electron chi connectivity index (χ0n) is 20.1. The number of aryl methyl sites for hydroxylation is 3. The van der Waals surface area contributed by atoms with E-state index >= 15 is 0 Å². The van der Waals surface area contributed by atoms with Crippen molar-refractivity contribution in [3.05, 3.63) is 101 Å². The first-order chi connectivity index (χ1) is 16.9. The topological polar surface area (TPSA) is 65.8 Å². The van der Waals surface area contributed by atoms with Crippen LogP contribution in [0.2, 0.25) is 0 Å². The molecule has 0 bridgehead atoms. The Hall–Kier alpha value is -3.88. The average molecular weight is 478 g/mol. The third kappa shape index (κ3) is 5.98. The number of carbonyl (C=O) groups is 1. The number of anilines is 1. The maximum absolute atomic E-state index is 12.6. The number of nitrogens with zero attached hydrogens (tertiary/aromatic N) is 2. The highest BCUT2D eigenvalue weighted by molar-refractivity contribution is 7.99. The van der Waals surface area contributed by atoms with Crippen LogP contribution >= 0.6 is 11.8 Å². The molecule has 5 heteroatoms. The molecular weight excluding hydrogens is 450 g/mol. The van der Waals surface area contributed by atoms with E-state index in [2.05, 4.69) is 17.5 Å². The van der Waals surface area contributed by atoms with Crippen molar-refractivity contribution in [1.29, 1.82) is 5.26 Å². The van der Waals surface area contributed by atoms with Crippen molar-refractivity contribution in [1.82, 2.24) is 4.98 Å². The monoisotopic (exact) mass is 477 g/mol. The van der Waals surface area contributed by atoms with Gasteiger partial charge in [0.1, 0.15) is 11.1 Å². The molecule has 0 spiro atoms. The van der Waals surface area contributed by atoms with Crippen LogP contribution in [0.4, 0.5) is 5.69 Å². The number of benzene rings is 3. The summed E-state index contributed by atoms with van der Waals surface area (Å²) in [6, 6.07) is 28.4. The van der Waals surface area contributed by atoms with Crippen molar-refractivity contribution in [2.75, 3.05) is 11.1 Å². The number of aromatic nitrogens is 1. The number of nitriles is 1. The Labute approximate surface area is 211 Å². The maximum Gasteiger partial charge on any atom is 0.225 e. The second-order valence-corrected chi connectivity index (χ2v) is 9.63. The number of thioether (sulfide) groups is 1. The number of hydrogen-bond donors (Lipinski definition) is 1. The van der Waals surface area contributed by atoms with Crippen LogP contribution in [-0.2, 0) is 4.79 Å². The van der Waals surface area contributed by atoms with Crippen LogP contribution in [0.3, 0.4) is 0 Å². The minimum absolute atomic E-state index is 0.0547. The van der Waals surface area contributed by atoms with Gasteiger partial charge in [-0.1, -0.05) is 77.9 Å². The summed E-state index contributed by atoms with van der Waals surface area (Å²) in [5.74, 6) is 0.463. The summed E-state index contributed by atoms with van der Waals surface area (Å²) in [5, 5.41) is 13.7. The van der Waals surface area contributed by atoms with Crippen LogP contribution in [0, 0.1) is 32.1 Å². The molecular formula is C30H27N3OS. The van der Waals surface area contributed by atoms with E-state index in [9.17, 15) is 10.1 Å². The molecule has 0 aliphatic carbocycles. The van der Waals surface area contributed by atoms with Gasteiger partial charge in [-0.3, -0.25) is 4.79 Å². The second-order valence-electron chi connectivity index (χ2n) is 8.54. The molecule has 1 amide bonds. The van der Waals surface area contributed by atoms with Crippen LogP contribution in [-0.4, -0.2) is 16.6 Å². The summed E-state index contributed by atoms with van der Waals surface area (Å²) in [6.07, 6.45) is 0.319. The van der Waals surface area contributed by atoms with Gasteiger partial charge in [0.15, 0.2) is 0 Å². The number of pyridine rings is 1. The van der Waals surface area contributed by atoms with Gasteiger partial charge in [0.05, 0.1) is 11.3 Å². The summed E-state index contributed by atoms with van der Waals surface area (Å²) < 4.78 is 0. The smallest absolute Gasteiger partial charge is 0.225 e. The standard InChI is InChI=1S/C30H27N3OS/c1-20-9-12-23(13-10-20)25-18-28(24-7-5-4-6-8-24)33-30(26(25)19-31)35-16-15-29(34)32-27-14-11-21(2)17-22(27)3/h4-14,17-18H,15-16H2,1-3H3,(H,32,34). The largest absolute Gasteiger partial charge is 0.326 e. The Morgan fingerprint density at radius 1 is 0.914 bits per heavy atom. The Bertz CT molecular complexity index is 1390. The number of hydrogen-bond acceptors (Lipinski definition) is 4. The lowest BCUT2D eigenvalue weighted by molar-refractivity contribution is -0.115. The van der Waals surface area contributed by atoms with Crippen LogP contribution in [0.25, 0.3) is 22.4 Å². The number of amides is 1. The molecule has 3 aromatic carbocycles. The van der Waals surface area contributed by atoms with Crippen LogP contribution in [0.1, 0.15) is 28.7 Å². The molecule has 35 heavy (non-hydrogen) atoms. The summed E-state index contributed by atoms with van der Waals surface area (Å²) in [4.78, 5) is 17.4. The molecule has 4 rings (SSSR count). The van der Waals surface area contributed by atoms with Crippen LogP contribution < -0.4 is 5.32 Å². The summed E-state index contributed by atoms with van der Waals surface area (Å²) >= 11 is 1.44. The van der Waals surface area contributed by atoms with Gasteiger partial charge in [-0.05, 0) is 44.0 Å². The molecule has 1 aromatic heterocycles. The summed E-state index contributed by atoms with van der Waals surface area (Å²) in [6.45, 7) is 6.06. The van der Waals surface area contributed by atoms with Gasteiger partial charge in [0, 0.05) is 29.0 Å². The van der Waals surface area contributed by atoms with E-state index in [0.717, 1.165) is 44.8 Å². The van der Waals surface area contributed by atoms with E-state index in [4.69, 9.17) is 4.98 Å². The Balaban J connectivity index is 1.59. The van der Waals surface area contributed by atoms with E-state index in [1.807, 2.05) is 93.6 Å². The lowest BCUT2D eigenvalue weighted by Crippen LogP contribution is -2.13. The van der Waals surface area contributed by atoms with E-state index in [0.29, 0.717) is 22.8 Å². The molecule has 0 atom stereocenters. The Kier molecular flexibility index (Phi) is 7.64. The SMILES string of the molecule is Cc1ccc(-c2cc(-c3ccccc3)nc(SCCC(=O)Nc3ccc(C)cc3C)c2C#N)cc1. The number of carbonyl (C=O) groups excluding carboxylic acids is 1. The van der Waals surface area contributed by atoms with Crippen LogP contribution in [0.15, 0.2) is 83.9 Å². The van der Waals surface area contributed by atoms with Crippen molar-refractivity contribution in [3.63, 3.8) is 0 Å². The lowest BCUT2D eigenvalue weighted by Gasteiger charge is -2.13. The minimum Gasteiger partial charge on any atom is -0.326 e. The summed E-state index contributed by atoms with van der Waals surface area (Å²) in [7, 11) is 0. The normalized spacial score (nSPS) is 10.6. The Morgan fingerprint density at radius 2 is 1.63 bits per heavy atom. The predicted molar refractivity (Wildman–Crippen MR) is 144 cm³/mol. The van der Waals surface area contributed by atoms with Gasteiger partial charge in [-0.2, -0.15) is 5.26 Å². The molecule has 1 heterocycles. The fourth-order valence-corrected chi connectivity index (χ4v) is 4.80. The molecule has 4 nitrogen and oxygen atoms in total. The molecule has 0 radical (unpaired) electrons. The highest BCUT2D eigenvalue weighted by Crippen LogP contribution is 2.34. The fourth-order valence-electron chi connectivity index (χ4n) is 3.86. The summed E-state index contributed by atoms with van der Waals surface area (Å²) in [5.41, 5.74) is 8.34. The van der Waals surface area contributed by atoms with Gasteiger partial charge in [0.25, 0.3) is 0 Å². The third-order valence-electron chi connectivity index (χ3n) is 5.75.